The Hall–Kier alpha value is -1.70. The van der Waals surface area contributed by atoms with Gasteiger partial charge in [0.2, 0.25) is 0 Å². The normalized spacial score (nSPS) is 20.8. The summed E-state index contributed by atoms with van der Waals surface area (Å²) in [5, 5.41) is 0. The monoisotopic (exact) mass is 348 g/mol. The molecule has 7 heteroatoms. The van der Waals surface area contributed by atoms with E-state index in [2.05, 4.69) is 16.6 Å². The van der Waals surface area contributed by atoms with Gasteiger partial charge in [0.25, 0.3) is 10.2 Å². The first-order valence-electron chi connectivity index (χ1n) is 8.31. The molecule has 1 aliphatic heterocycles. The summed E-state index contributed by atoms with van der Waals surface area (Å²) >= 11 is 0. The van der Waals surface area contributed by atoms with E-state index in [4.69, 9.17) is 0 Å². The summed E-state index contributed by atoms with van der Waals surface area (Å²) in [7, 11) is -3.45. The zero-order chi connectivity index (χ0) is 17.2. The smallest absolute Gasteiger partial charge is 0.280 e. The first-order chi connectivity index (χ1) is 11.5. The van der Waals surface area contributed by atoms with E-state index in [0.29, 0.717) is 19.0 Å². The molecule has 0 spiro atoms. The van der Waals surface area contributed by atoms with Gasteiger partial charge in [0.15, 0.2) is 0 Å². The SMILES string of the molecule is CC1CCCN(S(=O)(=O)NC(C)c2ccc(-n3ccnc3)cc2)C1. The molecule has 2 heterocycles. The van der Waals surface area contributed by atoms with Gasteiger partial charge < -0.3 is 4.57 Å². The maximum atomic E-state index is 12.6. The third-order valence-electron chi connectivity index (χ3n) is 4.48. The molecule has 0 saturated carbocycles. The van der Waals surface area contributed by atoms with Crippen molar-refractivity contribution < 1.29 is 8.42 Å². The number of imidazole rings is 1. The predicted molar refractivity (Wildman–Crippen MR) is 94.0 cm³/mol. The minimum absolute atomic E-state index is 0.274. The standard InChI is InChI=1S/C17H24N4O2S/c1-14-4-3-10-21(12-14)24(22,23)19-15(2)16-5-7-17(8-6-16)20-11-9-18-13-20/h5-9,11,13-15,19H,3-4,10,12H2,1-2H3. The molecule has 2 aromatic rings. The fourth-order valence-corrected chi connectivity index (χ4v) is 4.63. The quantitative estimate of drug-likeness (QED) is 0.903. The molecule has 1 aromatic heterocycles. The van der Waals surface area contributed by atoms with Crippen molar-refractivity contribution in [2.45, 2.75) is 32.7 Å². The summed E-state index contributed by atoms with van der Waals surface area (Å²) in [6.45, 7) is 5.17. The van der Waals surface area contributed by atoms with Gasteiger partial charge in [0.1, 0.15) is 0 Å². The van der Waals surface area contributed by atoms with Gasteiger partial charge in [-0.05, 0) is 43.4 Å². The number of rotatable bonds is 5. The van der Waals surface area contributed by atoms with Gasteiger partial charge in [0.05, 0.1) is 6.33 Å². The van der Waals surface area contributed by atoms with Gasteiger partial charge in [-0.25, -0.2) is 4.98 Å². The molecule has 3 rings (SSSR count). The first kappa shape index (κ1) is 17.1. The molecule has 0 amide bonds. The van der Waals surface area contributed by atoms with Crippen molar-refractivity contribution in [1.29, 1.82) is 0 Å². The van der Waals surface area contributed by atoms with Gasteiger partial charge in [-0.1, -0.05) is 19.1 Å². The molecule has 2 unspecified atom stereocenters. The van der Waals surface area contributed by atoms with Crippen LogP contribution in [0.2, 0.25) is 0 Å². The second-order valence-corrected chi connectivity index (χ2v) is 8.21. The van der Waals surface area contributed by atoms with Gasteiger partial charge >= 0.3 is 0 Å². The lowest BCUT2D eigenvalue weighted by Gasteiger charge is -2.31. The molecule has 0 radical (unpaired) electrons. The Morgan fingerprint density at radius 3 is 2.67 bits per heavy atom. The summed E-state index contributed by atoms with van der Waals surface area (Å²) in [6, 6.07) is 7.54. The van der Waals surface area contributed by atoms with E-state index in [9.17, 15) is 8.42 Å². The van der Waals surface area contributed by atoms with Gasteiger partial charge in [-0.2, -0.15) is 17.4 Å². The molecule has 130 valence electrons. The van der Waals surface area contributed by atoms with Crippen molar-refractivity contribution in [3.63, 3.8) is 0 Å². The highest BCUT2D eigenvalue weighted by atomic mass is 32.2. The summed E-state index contributed by atoms with van der Waals surface area (Å²) < 4.78 is 31.4. The molecule has 2 atom stereocenters. The van der Waals surface area contributed by atoms with Crippen molar-refractivity contribution in [3.05, 3.63) is 48.5 Å². The number of nitrogens with zero attached hydrogens (tertiary/aromatic N) is 3. The van der Waals surface area contributed by atoms with Crippen LogP contribution in [0.4, 0.5) is 0 Å². The van der Waals surface area contributed by atoms with E-state index < -0.39 is 10.2 Å². The van der Waals surface area contributed by atoms with E-state index in [-0.39, 0.29) is 6.04 Å². The topological polar surface area (TPSA) is 67.2 Å². The van der Waals surface area contributed by atoms with E-state index in [1.165, 1.54) is 0 Å². The molecular weight excluding hydrogens is 324 g/mol. The molecule has 1 aliphatic rings. The van der Waals surface area contributed by atoms with Crippen molar-refractivity contribution in [2.75, 3.05) is 13.1 Å². The van der Waals surface area contributed by atoms with Crippen LogP contribution in [-0.4, -0.2) is 35.4 Å². The summed E-state index contributed by atoms with van der Waals surface area (Å²) in [4.78, 5) is 4.03. The zero-order valence-electron chi connectivity index (χ0n) is 14.1. The van der Waals surface area contributed by atoms with E-state index >= 15 is 0 Å². The van der Waals surface area contributed by atoms with Crippen LogP contribution in [-0.2, 0) is 10.2 Å². The van der Waals surface area contributed by atoms with Crippen LogP contribution in [0, 0.1) is 5.92 Å². The maximum absolute atomic E-state index is 12.6. The molecule has 1 fully saturated rings. The number of nitrogens with one attached hydrogen (secondary N) is 1. The number of aromatic nitrogens is 2. The highest BCUT2D eigenvalue weighted by molar-refractivity contribution is 7.87. The zero-order valence-corrected chi connectivity index (χ0v) is 14.9. The number of benzene rings is 1. The Morgan fingerprint density at radius 1 is 1.29 bits per heavy atom. The van der Waals surface area contributed by atoms with Crippen LogP contribution in [0.1, 0.15) is 38.3 Å². The van der Waals surface area contributed by atoms with Crippen molar-refractivity contribution in [2.24, 2.45) is 5.92 Å². The third kappa shape index (κ3) is 3.85. The maximum Gasteiger partial charge on any atom is 0.280 e. The molecular formula is C17H24N4O2S. The molecule has 0 bridgehead atoms. The fraction of sp³-hybridized carbons (Fsp3) is 0.471. The third-order valence-corrected chi connectivity index (χ3v) is 6.14. The largest absolute Gasteiger partial charge is 0.306 e. The van der Waals surface area contributed by atoms with Crippen LogP contribution in [0.25, 0.3) is 5.69 Å². The predicted octanol–water partition coefficient (Wildman–Crippen LogP) is 2.50. The Kier molecular flexibility index (Phi) is 5.03. The number of piperidine rings is 1. The van der Waals surface area contributed by atoms with E-state index in [0.717, 1.165) is 24.1 Å². The average molecular weight is 348 g/mol. The highest BCUT2D eigenvalue weighted by Gasteiger charge is 2.28. The summed E-state index contributed by atoms with van der Waals surface area (Å²) in [5.41, 5.74) is 1.93. The number of hydrogen-bond acceptors (Lipinski definition) is 3. The van der Waals surface area contributed by atoms with Crippen molar-refractivity contribution in [1.82, 2.24) is 18.6 Å². The summed E-state index contributed by atoms with van der Waals surface area (Å²) in [5.74, 6) is 0.417. The van der Waals surface area contributed by atoms with Gasteiger partial charge in [0, 0.05) is 37.2 Å². The van der Waals surface area contributed by atoms with E-state index in [1.807, 2.05) is 42.0 Å². The van der Waals surface area contributed by atoms with Gasteiger partial charge in [-0.15, -0.1) is 0 Å². The molecule has 0 aliphatic carbocycles. The van der Waals surface area contributed by atoms with Crippen molar-refractivity contribution >= 4 is 10.2 Å². The second kappa shape index (κ2) is 7.04. The average Bonchev–Trinajstić information content (AvgIpc) is 3.09. The van der Waals surface area contributed by atoms with Gasteiger partial charge in [-0.3, -0.25) is 0 Å². The highest BCUT2D eigenvalue weighted by Crippen LogP contribution is 2.21. The van der Waals surface area contributed by atoms with Crippen molar-refractivity contribution in [3.8, 4) is 5.69 Å². The minimum Gasteiger partial charge on any atom is -0.306 e. The fourth-order valence-electron chi connectivity index (χ4n) is 3.08. The van der Waals surface area contributed by atoms with Crippen LogP contribution >= 0.6 is 0 Å². The molecule has 6 nitrogen and oxygen atoms in total. The minimum atomic E-state index is -3.45. The Balaban J connectivity index is 1.69. The summed E-state index contributed by atoms with van der Waals surface area (Å²) in [6.07, 6.45) is 7.36. The van der Waals surface area contributed by atoms with Crippen LogP contribution in [0.15, 0.2) is 43.0 Å². The second-order valence-electron chi connectivity index (χ2n) is 6.51. The van der Waals surface area contributed by atoms with Crippen LogP contribution in [0.5, 0.6) is 0 Å². The Bertz CT molecular complexity index is 756. The molecule has 1 N–H and O–H groups in total. The lowest BCUT2D eigenvalue weighted by molar-refractivity contribution is 0.277. The Morgan fingerprint density at radius 2 is 2.04 bits per heavy atom. The molecule has 1 saturated heterocycles. The van der Waals surface area contributed by atoms with Crippen LogP contribution in [0.3, 0.4) is 0 Å². The Labute approximate surface area is 143 Å². The van der Waals surface area contributed by atoms with Crippen LogP contribution < -0.4 is 4.72 Å². The first-order valence-corrected chi connectivity index (χ1v) is 9.75. The lowest BCUT2D eigenvalue weighted by Crippen LogP contribution is -2.46. The number of hydrogen-bond donors (Lipinski definition) is 1. The molecule has 1 aromatic carbocycles. The molecule has 24 heavy (non-hydrogen) atoms. The lowest BCUT2D eigenvalue weighted by atomic mass is 10.0. The van der Waals surface area contributed by atoms with E-state index in [1.54, 1.807) is 16.8 Å².